The summed E-state index contributed by atoms with van der Waals surface area (Å²) >= 11 is 0. The van der Waals surface area contributed by atoms with Crippen molar-refractivity contribution < 1.29 is 9.53 Å². The molecule has 0 atom stereocenters. The van der Waals surface area contributed by atoms with Crippen molar-refractivity contribution in [1.82, 2.24) is 20.1 Å². The molecule has 7 nitrogen and oxygen atoms in total. The highest BCUT2D eigenvalue weighted by Crippen LogP contribution is 2.18. The molecule has 134 valence electrons. The largest absolute Gasteiger partial charge is 0.494 e. The van der Waals surface area contributed by atoms with Crippen LogP contribution in [0.4, 0.5) is 10.5 Å². The van der Waals surface area contributed by atoms with E-state index in [1.54, 1.807) is 35.4 Å². The maximum atomic E-state index is 12.1. The second kappa shape index (κ2) is 8.15. The van der Waals surface area contributed by atoms with Crippen molar-refractivity contribution in [2.45, 2.75) is 13.5 Å². The summed E-state index contributed by atoms with van der Waals surface area (Å²) in [6.07, 6.45) is 5.25. The van der Waals surface area contributed by atoms with E-state index in [4.69, 9.17) is 4.74 Å². The normalized spacial score (nSPS) is 10.4. The molecule has 0 unspecified atom stereocenters. The van der Waals surface area contributed by atoms with Gasteiger partial charge in [-0.15, -0.1) is 0 Å². The van der Waals surface area contributed by atoms with Gasteiger partial charge in [-0.1, -0.05) is 0 Å². The van der Waals surface area contributed by atoms with Gasteiger partial charge in [0.2, 0.25) is 0 Å². The van der Waals surface area contributed by atoms with E-state index >= 15 is 0 Å². The summed E-state index contributed by atoms with van der Waals surface area (Å²) in [5.74, 6) is 0.775. The van der Waals surface area contributed by atoms with Gasteiger partial charge in [0.1, 0.15) is 5.75 Å². The molecule has 7 heteroatoms. The molecule has 0 spiro atoms. The quantitative estimate of drug-likeness (QED) is 0.714. The fourth-order valence-electron chi connectivity index (χ4n) is 2.54. The molecule has 2 aromatic heterocycles. The van der Waals surface area contributed by atoms with E-state index < -0.39 is 0 Å². The summed E-state index contributed by atoms with van der Waals surface area (Å²) in [4.78, 5) is 16.3. The van der Waals surface area contributed by atoms with Crippen LogP contribution < -0.4 is 15.4 Å². The van der Waals surface area contributed by atoms with Crippen LogP contribution in [-0.2, 0) is 13.6 Å². The Labute approximate surface area is 152 Å². The summed E-state index contributed by atoms with van der Waals surface area (Å²) in [5.41, 5.74) is 3.53. The lowest BCUT2D eigenvalue weighted by Crippen LogP contribution is -2.28. The molecule has 3 aromatic rings. The molecule has 2 heterocycles. The van der Waals surface area contributed by atoms with E-state index in [2.05, 4.69) is 20.7 Å². The van der Waals surface area contributed by atoms with Crippen LogP contribution >= 0.6 is 0 Å². The van der Waals surface area contributed by atoms with Gasteiger partial charge < -0.3 is 15.4 Å². The number of amides is 2. The van der Waals surface area contributed by atoms with E-state index in [1.807, 2.05) is 38.2 Å². The zero-order valence-electron chi connectivity index (χ0n) is 14.8. The lowest BCUT2D eigenvalue weighted by Gasteiger charge is -2.09. The van der Waals surface area contributed by atoms with E-state index in [9.17, 15) is 4.79 Å². The van der Waals surface area contributed by atoms with Crippen LogP contribution in [0.1, 0.15) is 12.5 Å². The summed E-state index contributed by atoms with van der Waals surface area (Å²) < 4.78 is 7.16. The molecule has 0 aliphatic rings. The highest BCUT2D eigenvalue weighted by atomic mass is 16.5. The molecule has 0 saturated carbocycles. The molecule has 26 heavy (non-hydrogen) atoms. The van der Waals surface area contributed by atoms with Crippen LogP contribution in [0.2, 0.25) is 0 Å². The number of anilines is 1. The fraction of sp³-hybridized carbons (Fsp3) is 0.211. The molecule has 0 radical (unpaired) electrons. The first kappa shape index (κ1) is 17.5. The molecule has 3 rings (SSSR count). The van der Waals surface area contributed by atoms with Crippen molar-refractivity contribution in [2.24, 2.45) is 7.05 Å². The second-order valence-electron chi connectivity index (χ2n) is 5.69. The van der Waals surface area contributed by atoms with Crippen molar-refractivity contribution in [1.29, 1.82) is 0 Å². The number of urea groups is 1. The number of nitrogens with one attached hydrogen (secondary N) is 2. The molecule has 0 fully saturated rings. The topological polar surface area (TPSA) is 81.1 Å². The van der Waals surface area contributed by atoms with Gasteiger partial charge in [-0.25, -0.2) is 4.79 Å². The number of ether oxygens (including phenoxy) is 1. The molecule has 1 aromatic carbocycles. The summed E-state index contributed by atoms with van der Waals surface area (Å²) in [5, 5.41) is 9.78. The number of aryl methyl sites for hydroxylation is 1. The Morgan fingerprint density at radius 2 is 2.00 bits per heavy atom. The van der Waals surface area contributed by atoms with Gasteiger partial charge in [-0.3, -0.25) is 9.67 Å². The van der Waals surface area contributed by atoms with Crippen LogP contribution in [-0.4, -0.2) is 27.4 Å². The Balaban J connectivity index is 1.57. The Bertz CT molecular complexity index is 874. The number of pyridine rings is 1. The van der Waals surface area contributed by atoms with Gasteiger partial charge >= 0.3 is 6.03 Å². The summed E-state index contributed by atoms with van der Waals surface area (Å²) in [7, 11) is 1.88. The third-order valence-electron chi connectivity index (χ3n) is 3.79. The van der Waals surface area contributed by atoms with E-state index in [1.165, 1.54) is 0 Å². The molecule has 0 aliphatic carbocycles. The predicted molar refractivity (Wildman–Crippen MR) is 99.9 cm³/mol. The standard InChI is InChI=1S/C19H21N5O2/c1-3-26-17-6-4-16(5-7-17)23-19(25)21-12-14-10-15(13-20-11-14)18-8-9-22-24(18)2/h4-11,13H,3,12H2,1-2H3,(H2,21,23,25). The van der Waals surface area contributed by atoms with Gasteiger partial charge in [-0.05, 0) is 48.9 Å². The highest BCUT2D eigenvalue weighted by molar-refractivity contribution is 5.89. The van der Waals surface area contributed by atoms with Gasteiger partial charge in [0.05, 0.1) is 12.3 Å². The van der Waals surface area contributed by atoms with Crippen molar-refractivity contribution in [3.63, 3.8) is 0 Å². The molecule has 2 amide bonds. The third kappa shape index (κ3) is 4.38. The Kier molecular flexibility index (Phi) is 5.48. The highest BCUT2D eigenvalue weighted by Gasteiger charge is 2.06. The van der Waals surface area contributed by atoms with Crippen molar-refractivity contribution in [2.75, 3.05) is 11.9 Å². The summed E-state index contributed by atoms with van der Waals surface area (Å²) in [6.45, 7) is 2.92. The number of aromatic nitrogens is 3. The van der Waals surface area contributed by atoms with Crippen molar-refractivity contribution in [3.05, 3.63) is 60.6 Å². The van der Waals surface area contributed by atoms with Crippen molar-refractivity contribution in [3.8, 4) is 17.0 Å². The van der Waals surface area contributed by atoms with Gasteiger partial charge in [-0.2, -0.15) is 5.10 Å². The third-order valence-corrected chi connectivity index (χ3v) is 3.79. The summed E-state index contributed by atoms with van der Waals surface area (Å²) in [6, 6.07) is 10.9. The molecule has 0 aliphatic heterocycles. The monoisotopic (exact) mass is 351 g/mol. The van der Waals surface area contributed by atoms with Gasteiger partial charge in [0.15, 0.2) is 0 Å². The minimum Gasteiger partial charge on any atom is -0.494 e. The Hall–Kier alpha value is -3.35. The fourth-order valence-corrected chi connectivity index (χ4v) is 2.54. The number of carbonyl (C=O) groups is 1. The zero-order valence-corrected chi connectivity index (χ0v) is 14.8. The van der Waals surface area contributed by atoms with Crippen molar-refractivity contribution >= 4 is 11.7 Å². The first-order valence-corrected chi connectivity index (χ1v) is 8.35. The van der Waals surface area contributed by atoms with Gasteiger partial charge in [0, 0.05) is 43.4 Å². The number of rotatable bonds is 6. The SMILES string of the molecule is CCOc1ccc(NC(=O)NCc2cncc(-c3ccnn3C)c2)cc1. The van der Waals surface area contributed by atoms with Gasteiger partial charge in [0.25, 0.3) is 0 Å². The minimum atomic E-state index is -0.278. The predicted octanol–water partition coefficient (Wildman–Crippen LogP) is 3.20. The molecular formula is C19H21N5O2. The maximum absolute atomic E-state index is 12.1. The first-order valence-electron chi connectivity index (χ1n) is 8.35. The van der Waals surface area contributed by atoms with E-state index in [0.717, 1.165) is 22.6 Å². The van der Waals surface area contributed by atoms with Crippen LogP contribution in [0.25, 0.3) is 11.3 Å². The average Bonchev–Trinajstić information content (AvgIpc) is 3.08. The Morgan fingerprint density at radius 1 is 1.19 bits per heavy atom. The van der Waals surface area contributed by atoms with E-state index in [0.29, 0.717) is 18.8 Å². The van der Waals surface area contributed by atoms with Crippen LogP contribution in [0.3, 0.4) is 0 Å². The minimum absolute atomic E-state index is 0.278. The van der Waals surface area contributed by atoms with E-state index in [-0.39, 0.29) is 6.03 Å². The number of hydrogen-bond acceptors (Lipinski definition) is 4. The van der Waals surface area contributed by atoms with Crippen LogP contribution in [0.5, 0.6) is 5.75 Å². The molecular weight excluding hydrogens is 330 g/mol. The lowest BCUT2D eigenvalue weighted by molar-refractivity contribution is 0.251. The van der Waals surface area contributed by atoms with Crippen LogP contribution in [0.15, 0.2) is 55.0 Å². The van der Waals surface area contributed by atoms with Crippen LogP contribution in [0, 0.1) is 0 Å². The number of nitrogens with zero attached hydrogens (tertiary/aromatic N) is 3. The molecule has 0 bridgehead atoms. The zero-order chi connectivity index (χ0) is 18.4. The number of hydrogen-bond donors (Lipinski definition) is 2. The number of benzene rings is 1. The Morgan fingerprint density at radius 3 is 2.69 bits per heavy atom. The molecule has 2 N–H and O–H groups in total. The lowest BCUT2D eigenvalue weighted by atomic mass is 10.1. The smallest absolute Gasteiger partial charge is 0.319 e. The second-order valence-corrected chi connectivity index (χ2v) is 5.69. The first-order chi connectivity index (χ1) is 12.7. The molecule has 0 saturated heterocycles. The average molecular weight is 351 g/mol. The maximum Gasteiger partial charge on any atom is 0.319 e. The number of carbonyl (C=O) groups excluding carboxylic acids is 1.